The Morgan fingerprint density at radius 2 is 2.00 bits per heavy atom. The third kappa shape index (κ3) is 3.73. The van der Waals surface area contributed by atoms with Gasteiger partial charge in [0.25, 0.3) is 0 Å². The highest BCUT2D eigenvalue weighted by Gasteiger charge is 2.37. The molecular formula is C18H20ClN3O4. The molecule has 7 nitrogen and oxygen atoms in total. The first kappa shape index (κ1) is 18.4. The van der Waals surface area contributed by atoms with E-state index >= 15 is 0 Å². The Morgan fingerprint density at radius 1 is 1.27 bits per heavy atom. The average molecular weight is 378 g/mol. The number of amides is 1. The maximum absolute atomic E-state index is 12.4. The first-order valence-electron chi connectivity index (χ1n) is 8.17. The number of imidazole rings is 1. The van der Waals surface area contributed by atoms with E-state index in [1.54, 1.807) is 6.33 Å². The minimum Gasteiger partial charge on any atom is -0.467 e. The molecule has 0 bridgehead atoms. The van der Waals surface area contributed by atoms with Gasteiger partial charge in [0.2, 0.25) is 5.91 Å². The van der Waals surface area contributed by atoms with Crippen LogP contribution in [-0.2, 0) is 38.6 Å². The van der Waals surface area contributed by atoms with Crippen molar-refractivity contribution in [3.63, 3.8) is 0 Å². The van der Waals surface area contributed by atoms with Gasteiger partial charge in [0.1, 0.15) is 12.6 Å². The number of aromatic nitrogens is 2. The quantitative estimate of drug-likeness (QED) is 0.741. The van der Waals surface area contributed by atoms with Crippen LogP contribution in [0.1, 0.15) is 17.0 Å². The Balaban J connectivity index is 1.87. The summed E-state index contributed by atoms with van der Waals surface area (Å²) < 4.78 is 11.8. The van der Waals surface area contributed by atoms with Gasteiger partial charge < -0.3 is 18.9 Å². The van der Waals surface area contributed by atoms with E-state index in [9.17, 15) is 9.59 Å². The molecule has 0 unspecified atom stereocenters. The number of hydrogen-bond donors (Lipinski definition) is 0. The molecule has 0 N–H and O–H groups in total. The molecule has 2 heterocycles. The third-order valence-corrected chi connectivity index (χ3v) is 4.70. The maximum Gasteiger partial charge on any atom is 0.329 e. The molecular weight excluding hydrogens is 358 g/mol. The van der Waals surface area contributed by atoms with Crippen LogP contribution in [0.5, 0.6) is 0 Å². The van der Waals surface area contributed by atoms with Crippen molar-refractivity contribution in [2.24, 2.45) is 0 Å². The number of ether oxygens (including phenoxy) is 2. The molecule has 0 spiro atoms. The molecule has 3 rings (SSSR count). The number of fused-ring (bicyclic) bond motifs is 1. The Labute approximate surface area is 156 Å². The molecule has 1 aromatic heterocycles. The zero-order valence-electron chi connectivity index (χ0n) is 14.6. The number of rotatable bonds is 5. The molecule has 1 aromatic carbocycles. The van der Waals surface area contributed by atoms with E-state index in [2.05, 4.69) is 4.98 Å². The van der Waals surface area contributed by atoms with Crippen LogP contribution in [0.4, 0.5) is 0 Å². The molecule has 138 valence electrons. The van der Waals surface area contributed by atoms with Crippen LogP contribution >= 0.6 is 11.6 Å². The molecule has 0 radical (unpaired) electrons. The third-order valence-electron chi connectivity index (χ3n) is 4.44. The van der Waals surface area contributed by atoms with Gasteiger partial charge in [-0.1, -0.05) is 23.7 Å². The number of carbonyl (C=O) groups excluding carboxylic acids is 2. The van der Waals surface area contributed by atoms with Gasteiger partial charge >= 0.3 is 5.97 Å². The molecule has 0 aliphatic carbocycles. The van der Waals surface area contributed by atoms with Crippen LogP contribution in [0.25, 0.3) is 0 Å². The molecule has 1 atom stereocenters. The average Bonchev–Trinajstić information content (AvgIpc) is 3.04. The second kappa shape index (κ2) is 7.88. The van der Waals surface area contributed by atoms with Gasteiger partial charge in [0.05, 0.1) is 31.4 Å². The first-order chi connectivity index (χ1) is 12.5. The summed E-state index contributed by atoms with van der Waals surface area (Å²) in [7, 11) is 2.77. The lowest BCUT2D eigenvalue weighted by Gasteiger charge is -2.33. The normalized spacial score (nSPS) is 16.3. The summed E-state index contributed by atoms with van der Waals surface area (Å²) in [5, 5.41) is 0.679. The van der Waals surface area contributed by atoms with E-state index in [4.69, 9.17) is 21.1 Å². The fourth-order valence-electron chi connectivity index (χ4n) is 3.10. The van der Waals surface area contributed by atoms with Crippen molar-refractivity contribution in [2.75, 3.05) is 20.8 Å². The lowest BCUT2D eigenvalue weighted by atomic mass is 10.0. The van der Waals surface area contributed by atoms with E-state index in [0.717, 1.165) is 17.0 Å². The van der Waals surface area contributed by atoms with Gasteiger partial charge in [0.15, 0.2) is 0 Å². The molecule has 8 heteroatoms. The minimum absolute atomic E-state index is 0.0891. The van der Waals surface area contributed by atoms with E-state index in [0.29, 0.717) is 18.0 Å². The van der Waals surface area contributed by atoms with E-state index in [1.165, 1.54) is 19.1 Å². The Morgan fingerprint density at radius 3 is 2.65 bits per heavy atom. The molecule has 26 heavy (non-hydrogen) atoms. The largest absolute Gasteiger partial charge is 0.467 e. The van der Waals surface area contributed by atoms with Crippen molar-refractivity contribution in [3.05, 3.63) is 52.6 Å². The van der Waals surface area contributed by atoms with Crippen molar-refractivity contribution in [3.8, 4) is 0 Å². The fraction of sp³-hybridized carbons (Fsp3) is 0.389. The highest BCUT2D eigenvalue weighted by atomic mass is 35.5. The van der Waals surface area contributed by atoms with Gasteiger partial charge in [-0.2, -0.15) is 0 Å². The van der Waals surface area contributed by atoms with Crippen molar-refractivity contribution >= 4 is 23.5 Å². The van der Waals surface area contributed by atoms with Crippen molar-refractivity contribution in [2.45, 2.75) is 25.6 Å². The van der Waals surface area contributed by atoms with Crippen LogP contribution < -0.4 is 0 Å². The van der Waals surface area contributed by atoms with Gasteiger partial charge in [-0.15, -0.1) is 0 Å². The maximum atomic E-state index is 12.4. The number of halogens is 1. The molecule has 0 fully saturated rings. The number of hydrogen-bond acceptors (Lipinski definition) is 5. The summed E-state index contributed by atoms with van der Waals surface area (Å²) >= 11 is 5.93. The summed E-state index contributed by atoms with van der Waals surface area (Å²) in [6, 6.07) is 6.88. The van der Waals surface area contributed by atoms with E-state index in [1.807, 2.05) is 28.8 Å². The van der Waals surface area contributed by atoms with Gasteiger partial charge in [0, 0.05) is 25.1 Å². The summed E-state index contributed by atoms with van der Waals surface area (Å²) in [5.41, 5.74) is 2.78. The van der Waals surface area contributed by atoms with Crippen LogP contribution in [0.2, 0.25) is 5.02 Å². The Hall–Kier alpha value is -2.38. The van der Waals surface area contributed by atoms with Gasteiger partial charge in [-0.3, -0.25) is 4.79 Å². The highest BCUT2D eigenvalue weighted by molar-refractivity contribution is 6.30. The summed E-state index contributed by atoms with van der Waals surface area (Å²) in [5.74, 6) is -0.708. The fourth-order valence-corrected chi connectivity index (χ4v) is 3.23. The van der Waals surface area contributed by atoms with Crippen molar-refractivity contribution in [1.82, 2.24) is 14.5 Å². The number of benzene rings is 1. The second-order valence-corrected chi connectivity index (χ2v) is 6.53. The Kier molecular flexibility index (Phi) is 5.58. The lowest BCUT2D eigenvalue weighted by molar-refractivity contribution is -0.155. The SMILES string of the molecule is COCC(=O)N1Cc2c(ncn2Cc2ccc(Cl)cc2)C[C@H]1C(=O)OC. The predicted molar refractivity (Wildman–Crippen MR) is 94.7 cm³/mol. The van der Waals surface area contributed by atoms with Crippen LogP contribution in [0.15, 0.2) is 30.6 Å². The molecule has 1 amide bonds. The first-order valence-corrected chi connectivity index (χ1v) is 8.54. The minimum atomic E-state index is -0.686. The topological polar surface area (TPSA) is 73.7 Å². The summed E-state index contributed by atoms with van der Waals surface area (Å²) in [6.07, 6.45) is 2.06. The highest BCUT2D eigenvalue weighted by Crippen LogP contribution is 2.24. The van der Waals surface area contributed by atoms with Crippen LogP contribution in [0.3, 0.4) is 0 Å². The number of nitrogens with zero attached hydrogens (tertiary/aromatic N) is 3. The molecule has 0 saturated heterocycles. The van der Waals surface area contributed by atoms with E-state index < -0.39 is 12.0 Å². The monoisotopic (exact) mass is 377 g/mol. The van der Waals surface area contributed by atoms with E-state index in [-0.39, 0.29) is 19.1 Å². The smallest absolute Gasteiger partial charge is 0.329 e. The number of methoxy groups -OCH3 is 2. The Bertz CT molecular complexity index is 803. The summed E-state index contributed by atoms with van der Waals surface area (Å²) in [6.45, 7) is 0.799. The van der Waals surface area contributed by atoms with Crippen molar-refractivity contribution in [1.29, 1.82) is 0 Å². The molecule has 1 aliphatic rings. The molecule has 1 aliphatic heterocycles. The lowest BCUT2D eigenvalue weighted by Crippen LogP contribution is -2.50. The van der Waals surface area contributed by atoms with Crippen molar-refractivity contribution < 1.29 is 19.1 Å². The zero-order valence-corrected chi connectivity index (χ0v) is 15.4. The standard InChI is InChI=1S/C18H20ClN3O4/c1-25-10-17(23)22-9-16-14(7-15(22)18(24)26-2)20-11-21(16)8-12-3-5-13(19)6-4-12/h3-6,11,15H,7-10H2,1-2H3/t15-/m0/s1. The van der Waals surface area contributed by atoms with Gasteiger partial charge in [-0.25, -0.2) is 9.78 Å². The number of esters is 1. The van der Waals surface area contributed by atoms with Crippen LogP contribution in [0, 0.1) is 0 Å². The second-order valence-electron chi connectivity index (χ2n) is 6.09. The summed E-state index contributed by atoms with van der Waals surface area (Å²) in [4.78, 5) is 30.5. The number of carbonyl (C=O) groups is 2. The van der Waals surface area contributed by atoms with Crippen LogP contribution in [-0.4, -0.2) is 53.2 Å². The molecule has 2 aromatic rings. The zero-order chi connectivity index (χ0) is 18.7. The molecule has 0 saturated carbocycles. The predicted octanol–water partition coefficient (Wildman–Crippen LogP) is 1.66. The van der Waals surface area contributed by atoms with Gasteiger partial charge in [-0.05, 0) is 17.7 Å².